The number of rotatable bonds is 5. The van der Waals surface area contributed by atoms with Gasteiger partial charge in [-0.1, -0.05) is 0 Å². The largest absolute Gasteiger partial charge is 0.408 e. The monoisotopic (exact) mass is 556 g/mol. The third-order valence-electron chi connectivity index (χ3n) is 7.28. The van der Waals surface area contributed by atoms with Crippen LogP contribution < -0.4 is 15.6 Å². The SMILES string of the molecule is O=C(N[C@@H](C1CC1)C(F)(F)F)c1cn(-c2c(F)cc(F)cc2F)c2nc(N3CC4(COC4)C3)c(F)cc2c1=O. The van der Waals surface area contributed by atoms with Crippen molar-refractivity contribution < 1.29 is 40.3 Å². The topological polar surface area (TPSA) is 76.5 Å². The molecule has 3 fully saturated rings. The number of ether oxygens (including phenoxy) is 1. The first-order valence-corrected chi connectivity index (χ1v) is 12.0. The molecule has 39 heavy (non-hydrogen) atoms. The fraction of sp³-hybridized carbons (Fsp3) is 0.400. The van der Waals surface area contributed by atoms with Crippen molar-refractivity contribution in [2.75, 3.05) is 31.2 Å². The van der Waals surface area contributed by atoms with Crippen molar-refractivity contribution in [3.63, 3.8) is 0 Å². The van der Waals surface area contributed by atoms with Crippen LogP contribution in [0, 0.1) is 34.6 Å². The lowest BCUT2D eigenvalue weighted by Crippen LogP contribution is -2.66. The second-order valence-electron chi connectivity index (χ2n) is 10.3. The van der Waals surface area contributed by atoms with Gasteiger partial charge in [-0.25, -0.2) is 22.5 Å². The molecule has 14 heteroatoms. The number of halogens is 7. The molecular formula is C25H19F7N4O3. The maximum absolute atomic E-state index is 15.2. The third-order valence-corrected chi connectivity index (χ3v) is 7.28. The Morgan fingerprint density at radius 1 is 1.05 bits per heavy atom. The van der Waals surface area contributed by atoms with Crippen LogP contribution in [0.3, 0.4) is 0 Å². The average molecular weight is 556 g/mol. The number of fused-ring (bicyclic) bond motifs is 1. The van der Waals surface area contributed by atoms with Crippen LogP contribution in [0.25, 0.3) is 16.7 Å². The number of aromatic nitrogens is 2. The molecule has 6 rings (SSSR count). The first-order chi connectivity index (χ1) is 18.4. The third kappa shape index (κ3) is 4.30. The molecule has 2 saturated heterocycles. The van der Waals surface area contributed by atoms with E-state index in [-0.39, 0.29) is 24.1 Å². The number of nitrogens with zero attached hydrogens (tertiary/aromatic N) is 3. The number of benzene rings is 1. The van der Waals surface area contributed by atoms with Crippen LogP contribution in [0.5, 0.6) is 0 Å². The second kappa shape index (κ2) is 8.66. The van der Waals surface area contributed by atoms with Gasteiger partial charge in [0.1, 0.15) is 23.1 Å². The van der Waals surface area contributed by atoms with Gasteiger partial charge in [0.2, 0.25) is 5.43 Å². The fourth-order valence-corrected chi connectivity index (χ4v) is 5.14. The van der Waals surface area contributed by atoms with Crippen LogP contribution in [0.2, 0.25) is 0 Å². The van der Waals surface area contributed by atoms with Crippen LogP contribution in [0.15, 0.2) is 29.2 Å². The van der Waals surface area contributed by atoms with Crippen LogP contribution in [0.4, 0.5) is 36.6 Å². The zero-order chi connectivity index (χ0) is 27.9. The van der Waals surface area contributed by atoms with Gasteiger partial charge in [-0.05, 0) is 24.8 Å². The zero-order valence-electron chi connectivity index (χ0n) is 19.9. The Hall–Kier alpha value is -3.68. The minimum Gasteiger partial charge on any atom is -0.380 e. The van der Waals surface area contributed by atoms with E-state index < -0.39 is 75.0 Å². The summed E-state index contributed by atoms with van der Waals surface area (Å²) < 4.78 is 105. The summed E-state index contributed by atoms with van der Waals surface area (Å²) in [5.41, 5.74) is -3.72. The summed E-state index contributed by atoms with van der Waals surface area (Å²) in [6.07, 6.45) is -3.77. The molecule has 1 spiro atoms. The molecule has 0 bridgehead atoms. The van der Waals surface area contributed by atoms with E-state index in [9.17, 15) is 35.9 Å². The van der Waals surface area contributed by atoms with E-state index >= 15 is 4.39 Å². The number of carbonyl (C=O) groups is 1. The zero-order valence-corrected chi connectivity index (χ0v) is 19.9. The van der Waals surface area contributed by atoms with Gasteiger partial charge in [0.15, 0.2) is 28.9 Å². The normalized spacial score (nSPS) is 19.1. The second-order valence-corrected chi connectivity index (χ2v) is 10.3. The first kappa shape index (κ1) is 25.6. The van der Waals surface area contributed by atoms with Crippen LogP contribution in [-0.4, -0.2) is 54.0 Å². The van der Waals surface area contributed by atoms with Crippen LogP contribution in [-0.2, 0) is 4.74 Å². The Kier molecular flexibility index (Phi) is 5.68. The summed E-state index contributed by atoms with van der Waals surface area (Å²) in [7, 11) is 0. The quantitative estimate of drug-likeness (QED) is 0.484. The summed E-state index contributed by atoms with van der Waals surface area (Å²) in [5.74, 6) is -7.72. The van der Waals surface area contributed by atoms with E-state index in [2.05, 4.69) is 4.98 Å². The smallest absolute Gasteiger partial charge is 0.380 e. The maximum Gasteiger partial charge on any atom is 0.408 e. The summed E-state index contributed by atoms with van der Waals surface area (Å²) in [4.78, 5) is 31.8. The standard InChI is InChI=1S/C25H19F7N4O3/c26-12-3-15(27)18(16(28)4-12)36-6-14(23(38)33-20(11-1-2-11)25(30,31)32)19(37)13-5-17(29)22(34-21(13)36)35-7-24(8-35)9-39-10-24/h3-6,11,20H,1-2,7-10H2,(H,33,38)/t20-/m0/s1. The maximum atomic E-state index is 15.2. The van der Waals surface area contributed by atoms with E-state index in [0.717, 1.165) is 6.07 Å². The lowest BCUT2D eigenvalue weighted by Gasteiger charge is -2.55. The molecule has 1 saturated carbocycles. The van der Waals surface area contributed by atoms with Gasteiger partial charge in [-0.2, -0.15) is 13.2 Å². The minimum atomic E-state index is -4.81. The summed E-state index contributed by atoms with van der Waals surface area (Å²) in [5, 5.41) is 1.18. The molecule has 1 aromatic carbocycles. The van der Waals surface area contributed by atoms with Crippen LogP contribution >= 0.6 is 0 Å². The molecule has 2 aromatic heterocycles. The highest BCUT2D eigenvalue weighted by molar-refractivity contribution is 5.97. The number of amides is 1. The van der Waals surface area contributed by atoms with Gasteiger partial charge in [-0.3, -0.25) is 14.2 Å². The van der Waals surface area contributed by atoms with Crippen molar-refractivity contribution in [2.24, 2.45) is 11.3 Å². The molecule has 0 unspecified atom stereocenters. The molecule has 1 amide bonds. The molecule has 7 nitrogen and oxygen atoms in total. The molecular weight excluding hydrogens is 537 g/mol. The Balaban J connectivity index is 1.51. The fourth-order valence-electron chi connectivity index (χ4n) is 5.14. The predicted molar refractivity (Wildman–Crippen MR) is 123 cm³/mol. The molecule has 2 aliphatic heterocycles. The summed E-state index contributed by atoms with van der Waals surface area (Å²) in [6.45, 7) is 1.67. The number of anilines is 1. The minimum absolute atomic E-state index is 0.170. The van der Waals surface area contributed by atoms with Gasteiger partial charge in [0, 0.05) is 31.4 Å². The summed E-state index contributed by atoms with van der Waals surface area (Å²) in [6, 6.07) is -0.847. The van der Waals surface area contributed by atoms with E-state index in [0.29, 0.717) is 49.2 Å². The van der Waals surface area contributed by atoms with Crippen molar-refractivity contribution in [2.45, 2.75) is 25.1 Å². The Bertz CT molecular complexity index is 1550. The highest BCUT2D eigenvalue weighted by atomic mass is 19.4. The van der Waals surface area contributed by atoms with Crippen molar-refractivity contribution in [3.05, 3.63) is 63.5 Å². The number of hydrogen-bond donors (Lipinski definition) is 1. The van der Waals surface area contributed by atoms with Gasteiger partial charge in [-0.15, -0.1) is 0 Å². The highest BCUT2D eigenvalue weighted by Crippen LogP contribution is 2.41. The number of pyridine rings is 2. The number of alkyl halides is 3. The van der Waals surface area contributed by atoms with Gasteiger partial charge in [0.05, 0.1) is 24.0 Å². The van der Waals surface area contributed by atoms with Crippen molar-refractivity contribution in [1.82, 2.24) is 14.9 Å². The van der Waals surface area contributed by atoms with Crippen LogP contribution in [0.1, 0.15) is 23.2 Å². The number of nitrogens with one attached hydrogen (secondary N) is 1. The predicted octanol–water partition coefficient (Wildman–Crippen LogP) is 3.85. The lowest BCUT2D eigenvalue weighted by atomic mass is 9.78. The Morgan fingerprint density at radius 2 is 1.69 bits per heavy atom. The molecule has 3 aromatic rings. The lowest BCUT2D eigenvalue weighted by molar-refractivity contribution is -0.158. The molecule has 4 heterocycles. The van der Waals surface area contributed by atoms with E-state index in [4.69, 9.17) is 4.74 Å². The van der Waals surface area contributed by atoms with Crippen molar-refractivity contribution in [3.8, 4) is 5.69 Å². The Labute approximate surface area is 215 Å². The number of carbonyl (C=O) groups excluding carboxylic acids is 1. The molecule has 0 radical (unpaired) electrons. The molecule has 1 atom stereocenters. The molecule has 3 aliphatic rings. The first-order valence-electron chi connectivity index (χ1n) is 12.0. The summed E-state index contributed by atoms with van der Waals surface area (Å²) >= 11 is 0. The van der Waals surface area contributed by atoms with Gasteiger partial charge < -0.3 is 15.0 Å². The van der Waals surface area contributed by atoms with Gasteiger partial charge >= 0.3 is 6.18 Å². The van der Waals surface area contributed by atoms with E-state index in [1.165, 1.54) is 4.90 Å². The molecule has 1 aliphatic carbocycles. The average Bonchev–Trinajstić information content (AvgIpc) is 3.61. The number of hydrogen-bond acceptors (Lipinski definition) is 5. The van der Waals surface area contributed by atoms with E-state index in [1.54, 1.807) is 5.32 Å². The highest BCUT2D eigenvalue weighted by Gasteiger charge is 2.51. The van der Waals surface area contributed by atoms with E-state index in [1.807, 2.05) is 0 Å². The Morgan fingerprint density at radius 3 is 2.23 bits per heavy atom. The van der Waals surface area contributed by atoms with Crippen molar-refractivity contribution >= 4 is 22.8 Å². The molecule has 1 N–H and O–H groups in total. The molecule has 206 valence electrons. The van der Waals surface area contributed by atoms with Crippen molar-refractivity contribution in [1.29, 1.82) is 0 Å². The van der Waals surface area contributed by atoms with Gasteiger partial charge in [0.25, 0.3) is 5.91 Å².